The van der Waals surface area contributed by atoms with E-state index >= 15 is 0 Å². The SMILES string of the molecule is CC(C)C(NC(=O)c1cccs1)C(=O)N1CCCC(C(C)N)C1.Cl. The molecule has 0 aliphatic carbocycles. The van der Waals surface area contributed by atoms with Crippen LogP contribution in [0.25, 0.3) is 0 Å². The molecule has 7 heteroatoms. The molecule has 3 atom stereocenters. The van der Waals surface area contributed by atoms with Gasteiger partial charge in [-0.05, 0) is 43.0 Å². The van der Waals surface area contributed by atoms with E-state index in [2.05, 4.69) is 5.32 Å². The second-order valence-electron chi connectivity index (χ2n) is 6.72. The molecule has 0 bridgehead atoms. The third-order valence-electron chi connectivity index (χ3n) is 4.48. The zero-order valence-electron chi connectivity index (χ0n) is 14.5. The lowest BCUT2D eigenvalue weighted by Crippen LogP contribution is -2.54. The first kappa shape index (κ1) is 20.9. The van der Waals surface area contributed by atoms with Crippen molar-refractivity contribution in [2.24, 2.45) is 17.6 Å². The van der Waals surface area contributed by atoms with E-state index < -0.39 is 6.04 Å². The quantitative estimate of drug-likeness (QED) is 0.832. The minimum Gasteiger partial charge on any atom is -0.341 e. The van der Waals surface area contributed by atoms with E-state index in [4.69, 9.17) is 5.73 Å². The Morgan fingerprint density at radius 3 is 2.62 bits per heavy atom. The molecule has 1 saturated heterocycles. The number of likely N-dealkylation sites (tertiary alicyclic amines) is 1. The van der Waals surface area contributed by atoms with E-state index in [0.29, 0.717) is 17.3 Å². The molecular formula is C17H28ClN3O2S. The summed E-state index contributed by atoms with van der Waals surface area (Å²) in [5.74, 6) is 0.221. The Kier molecular flexibility index (Phi) is 8.19. The molecule has 0 aromatic carbocycles. The van der Waals surface area contributed by atoms with Gasteiger partial charge in [0.05, 0.1) is 4.88 Å². The Morgan fingerprint density at radius 1 is 1.38 bits per heavy atom. The smallest absolute Gasteiger partial charge is 0.262 e. The molecule has 0 radical (unpaired) electrons. The van der Waals surface area contributed by atoms with Crippen molar-refractivity contribution in [1.29, 1.82) is 0 Å². The van der Waals surface area contributed by atoms with Crippen LogP contribution in [0.5, 0.6) is 0 Å². The van der Waals surface area contributed by atoms with E-state index in [1.165, 1.54) is 11.3 Å². The summed E-state index contributed by atoms with van der Waals surface area (Å²) in [7, 11) is 0. The fourth-order valence-electron chi connectivity index (χ4n) is 2.97. The summed E-state index contributed by atoms with van der Waals surface area (Å²) in [5, 5.41) is 4.77. The van der Waals surface area contributed by atoms with Gasteiger partial charge < -0.3 is 16.0 Å². The molecule has 1 aromatic heterocycles. The van der Waals surface area contributed by atoms with Gasteiger partial charge in [0, 0.05) is 19.1 Å². The summed E-state index contributed by atoms with van der Waals surface area (Å²) < 4.78 is 0. The molecule has 136 valence electrons. The van der Waals surface area contributed by atoms with Crippen molar-refractivity contribution in [3.05, 3.63) is 22.4 Å². The Hall–Kier alpha value is -1.11. The summed E-state index contributed by atoms with van der Waals surface area (Å²) in [4.78, 5) is 27.7. The zero-order valence-corrected chi connectivity index (χ0v) is 16.2. The van der Waals surface area contributed by atoms with E-state index in [-0.39, 0.29) is 36.2 Å². The highest BCUT2D eigenvalue weighted by Gasteiger charge is 2.32. The van der Waals surface area contributed by atoms with Crippen LogP contribution in [0.1, 0.15) is 43.3 Å². The number of hydrogen-bond acceptors (Lipinski definition) is 4. The molecule has 1 aliphatic rings. The van der Waals surface area contributed by atoms with Gasteiger partial charge in [-0.15, -0.1) is 23.7 Å². The van der Waals surface area contributed by atoms with Gasteiger partial charge in [-0.2, -0.15) is 0 Å². The topological polar surface area (TPSA) is 75.4 Å². The van der Waals surface area contributed by atoms with Crippen molar-refractivity contribution >= 4 is 35.6 Å². The second-order valence-corrected chi connectivity index (χ2v) is 7.67. The minimum atomic E-state index is -0.489. The number of carbonyl (C=O) groups is 2. The van der Waals surface area contributed by atoms with E-state index in [0.717, 1.165) is 19.4 Å². The van der Waals surface area contributed by atoms with Crippen LogP contribution in [0.15, 0.2) is 17.5 Å². The number of rotatable bonds is 5. The van der Waals surface area contributed by atoms with Crippen LogP contribution in [-0.4, -0.2) is 41.9 Å². The van der Waals surface area contributed by atoms with Crippen LogP contribution in [-0.2, 0) is 4.79 Å². The largest absolute Gasteiger partial charge is 0.341 e. The van der Waals surface area contributed by atoms with Crippen LogP contribution in [0.2, 0.25) is 0 Å². The third kappa shape index (κ3) is 5.19. The summed E-state index contributed by atoms with van der Waals surface area (Å²) in [6, 6.07) is 3.21. The summed E-state index contributed by atoms with van der Waals surface area (Å²) >= 11 is 1.38. The maximum atomic E-state index is 12.9. The van der Waals surface area contributed by atoms with Gasteiger partial charge in [0.25, 0.3) is 5.91 Å². The Balaban J connectivity index is 0.00000288. The first-order valence-electron chi connectivity index (χ1n) is 8.29. The van der Waals surface area contributed by atoms with E-state index in [1.54, 1.807) is 6.07 Å². The molecule has 2 amide bonds. The number of amides is 2. The first-order valence-corrected chi connectivity index (χ1v) is 9.17. The van der Waals surface area contributed by atoms with Crippen molar-refractivity contribution in [2.75, 3.05) is 13.1 Å². The number of thiophene rings is 1. The summed E-state index contributed by atoms with van der Waals surface area (Å²) in [6.45, 7) is 7.36. The number of nitrogens with zero attached hydrogens (tertiary/aromatic N) is 1. The second kappa shape index (κ2) is 9.39. The number of halogens is 1. The predicted molar refractivity (Wildman–Crippen MR) is 101 cm³/mol. The van der Waals surface area contributed by atoms with E-state index in [1.807, 2.05) is 37.1 Å². The Bertz CT molecular complexity index is 534. The lowest BCUT2D eigenvalue weighted by molar-refractivity contribution is -0.136. The molecule has 0 spiro atoms. The van der Waals surface area contributed by atoms with Crippen molar-refractivity contribution in [3.8, 4) is 0 Å². The van der Waals surface area contributed by atoms with Gasteiger partial charge in [-0.25, -0.2) is 0 Å². The average Bonchev–Trinajstić information content (AvgIpc) is 3.06. The highest BCUT2D eigenvalue weighted by molar-refractivity contribution is 7.12. The van der Waals surface area contributed by atoms with Gasteiger partial charge in [0.15, 0.2) is 0 Å². The minimum absolute atomic E-state index is 0. The van der Waals surface area contributed by atoms with Gasteiger partial charge >= 0.3 is 0 Å². The number of hydrogen-bond donors (Lipinski definition) is 2. The highest BCUT2D eigenvalue weighted by atomic mass is 35.5. The van der Waals surface area contributed by atoms with Gasteiger partial charge in [-0.3, -0.25) is 9.59 Å². The van der Waals surface area contributed by atoms with Crippen molar-refractivity contribution in [1.82, 2.24) is 10.2 Å². The van der Waals surface area contributed by atoms with Crippen molar-refractivity contribution < 1.29 is 9.59 Å². The normalized spacial score (nSPS) is 20.2. The summed E-state index contributed by atoms with van der Waals surface area (Å²) in [5.41, 5.74) is 6.00. The first-order chi connectivity index (χ1) is 10.9. The average molecular weight is 374 g/mol. The van der Waals surface area contributed by atoms with E-state index in [9.17, 15) is 9.59 Å². The number of nitrogens with two attached hydrogens (primary N) is 1. The number of carbonyl (C=O) groups excluding carboxylic acids is 2. The van der Waals surface area contributed by atoms with Gasteiger partial charge in [0.2, 0.25) is 5.91 Å². The Labute approximate surface area is 154 Å². The maximum Gasteiger partial charge on any atom is 0.262 e. The molecule has 1 fully saturated rings. The standard InChI is InChI=1S/C17H27N3O2S.ClH/c1-11(2)15(19-16(21)14-7-5-9-23-14)17(22)20-8-4-6-13(10-20)12(3)18;/h5,7,9,11-13,15H,4,6,8,10,18H2,1-3H3,(H,19,21);1H. The lowest BCUT2D eigenvalue weighted by atomic mass is 9.91. The maximum absolute atomic E-state index is 12.9. The Morgan fingerprint density at radius 2 is 2.08 bits per heavy atom. The molecular weight excluding hydrogens is 346 g/mol. The van der Waals surface area contributed by atoms with Gasteiger partial charge in [0.1, 0.15) is 6.04 Å². The lowest BCUT2D eigenvalue weighted by Gasteiger charge is -2.37. The molecule has 2 heterocycles. The molecule has 24 heavy (non-hydrogen) atoms. The predicted octanol–water partition coefficient (Wildman–Crippen LogP) is 2.51. The number of piperidine rings is 1. The van der Waals surface area contributed by atoms with Crippen molar-refractivity contribution in [3.63, 3.8) is 0 Å². The molecule has 3 N–H and O–H groups in total. The summed E-state index contributed by atoms with van der Waals surface area (Å²) in [6.07, 6.45) is 2.04. The number of nitrogens with one attached hydrogen (secondary N) is 1. The van der Waals surface area contributed by atoms with Crippen molar-refractivity contribution in [2.45, 2.75) is 45.7 Å². The molecule has 3 unspecified atom stereocenters. The molecule has 5 nitrogen and oxygen atoms in total. The third-order valence-corrected chi connectivity index (χ3v) is 5.35. The van der Waals surface area contributed by atoms with Crippen LogP contribution in [0.3, 0.4) is 0 Å². The van der Waals surface area contributed by atoms with Crippen LogP contribution in [0, 0.1) is 11.8 Å². The monoisotopic (exact) mass is 373 g/mol. The molecule has 2 rings (SSSR count). The molecule has 1 aromatic rings. The molecule has 0 saturated carbocycles. The van der Waals surface area contributed by atoms with Crippen LogP contribution in [0.4, 0.5) is 0 Å². The van der Waals surface area contributed by atoms with Crippen LogP contribution >= 0.6 is 23.7 Å². The fourth-order valence-corrected chi connectivity index (χ4v) is 3.60. The molecule has 1 aliphatic heterocycles. The van der Waals surface area contributed by atoms with Gasteiger partial charge in [-0.1, -0.05) is 19.9 Å². The van der Waals surface area contributed by atoms with Crippen LogP contribution < -0.4 is 11.1 Å². The zero-order chi connectivity index (χ0) is 17.0. The fraction of sp³-hybridized carbons (Fsp3) is 0.647. The highest BCUT2D eigenvalue weighted by Crippen LogP contribution is 2.21.